The number of fused-ring (bicyclic) bond motifs is 3. The summed E-state index contributed by atoms with van der Waals surface area (Å²) in [6, 6.07) is 4.25. The van der Waals surface area contributed by atoms with Crippen LogP contribution in [0.3, 0.4) is 0 Å². The van der Waals surface area contributed by atoms with E-state index >= 15 is 8.78 Å². The van der Waals surface area contributed by atoms with E-state index in [0.29, 0.717) is 10.9 Å². The summed E-state index contributed by atoms with van der Waals surface area (Å²) in [4.78, 5) is 17.7. The summed E-state index contributed by atoms with van der Waals surface area (Å²) in [5.74, 6) is -6.82. The minimum atomic E-state index is -3.57. The maximum Gasteiger partial charge on any atom is 0.410 e. The zero-order chi connectivity index (χ0) is 30.7. The number of halogens is 5. The number of alkyl halides is 2. The molecule has 0 spiro atoms. The van der Waals surface area contributed by atoms with E-state index in [9.17, 15) is 28.2 Å². The number of carbonyl (C=O) groups is 1. The van der Waals surface area contributed by atoms with Crippen LogP contribution in [0.5, 0.6) is 0 Å². The van der Waals surface area contributed by atoms with Crippen molar-refractivity contribution in [3.05, 3.63) is 70.2 Å². The van der Waals surface area contributed by atoms with Crippen molar-refractivity contribution in [1.82, 2.24) is 14.8 Å². The van der Waals surface area contributed by atoms with E-state index in [0.717, 1.165) is 12.1 Å². The number of para-hydroxylation sites is 1. The topological polar surface area (TPSA) is 89.0 Å². The van der Waals surface area contributed by atoms with Crippen LogP contribution >= 0.6 is 0 Å². The molecule has 12 heteroatoms. The van der Waals surface area contributed by atoms with Crippen LogP contribution in [0.15, 0.2) is 30.3 Å². The van der Waals surface area contributed by atoms with E-state index in [1.807, 2.05) is 0 Å². The summed E-state index contributed by atoms with van der Waals surface area (Å²) in [6.45, 7) is 4.57. The summed E-state index contributed by atoms with van der Waals surface area (Å²) in [7, 11) is 0. The second-order valence-corrected chi connectivity index (χ2v) is 12.3. The molecule has 0 saturated carbocycles. The van der Waals surface area contributed by atoms with Crippen LogP contribution in [-0.4, -0.2) is 74.9 Å². The number of rotatable bonds is 6. The molecule has 1 fully saturated rings. The van der Waals surface area contributed by atoms with Gasteiger partial charge in [-0.1, -0.05) is 12.1 Å². The highest BCUT2D eigenvalue weighted by molar-refractivity contribution is 5.86. The average Bonchev–Trinajstić information content (AvgIpc) is 3.22. The lowest BCUT2D eigenvalue weighted by Crippen LogP contribution is -2.53. The van der Waals surface area contributed by atoms with Gasteiger partial charge in [0.15, 0.2) is 0 Å². The number of benzene rings is 2. The molecule has 42 heavy (non-hydrogen) atoms. The van der Waals surface area contributed by atoms with Crippen molar-refractivity contribution in [1.29, 1.82) is 0 Å². The Hall–Kier alpha value is -3.22. The highest BCUT2D eigenvalue weighted by Crippen LogP contribution is 2.44. The van der Waals surface area contributed by atoms with Gasteiger partial charge in [-0.3, -0.25) is 4.90 Å². The predicted octanol–water partition coefficient (Wildman–Crippen LogP) is 5.45. The number of carbonyl (C=O) groups excluding carboxylic acids is 1. The van der Waals surface area contributed by atoms with Gasteiger partial charge in [-0.15, -0.1) is 0 Å². The van der Waals surface area contributed by atoms with Crippen molar-refractivity contribution in [2.45, 2.75) is 63.8 Å². The Bertz CT molecular complexity index is 1480. The lowest BCUT2D eigenvalue weighted by Gasteiger charge is -2.43. The number of aliphatic hydroxyl groups is 2. The van der Waals surface area contributed by atoms with Crippen LogP contribution in [0.4, 0.5) is 26.7 Å². The molecule has 3 N–H and O–H groups in total. The molecular formula is C30H34F5N3O4. The van der Waals surface area contributed by atoms with Gasteiger partial charge in [0.25, 0.3) is 5.92 Å². The Labute approximate surface area is 239 Å². The third-order valence-corrected chi connectivity index (χ3v) is 7.96. The summed E-state index contributed by atoms with van der Waals surface area (Å²) >= 11 is 0. The summed E-state index contributed by atoms with van der Waals surface area (Å²) in [5.41, 5.74) is -0.469. The first kappa shape index (κ1) is 30.2. The minimum absolute atomic E-state index is 0.0680. The summed E-state index contributed by atoms with van der Waals surface area (Å²) < 4.78 is 80.8. The normalized spacial score (nSPS) is 20.9. The summed E-state index contributed by atoms with van der Waals surface area (Å²) in [5, 5.41) is 20.6. The monoisotopic (exact) mass is 595 g/mol. The Morgan fingerprint density at radius 3 is 2.36 bits per heavy atom. The molecule has 1 saturated heterocycles. The second-order valence-electron chi connectivity index (χ2n) is 12.3. The molecule has 0 aliphatic carbocycles. The fourth-order valence-corrected chi connectivity index (χ4v) is 5.91. The third-order valence-electron chi connectivity index (χ3n) is 7.96. The molecule has 2 aromatic carbocycles. The third kappa shape index (κ3) is 5.59. The van der Waals surface area contributed by atoms with Gasteiger partial charge in [-0.25, -0.2) is 26.7 Å². The number of H-pyrrole nitrogens is 1. The van der Waals surface area contributed by atoms with Gasteiger partial charge >= 0.3 is 6.09 Å². The average molecular weight is 596 g/mol. The first-order chi connectivity index (χ1) is 19.6. The Balaban J connectivity index is 1.50. The van der Waals surface area contributed by atoms with Crippen molar-refractivity contribution in [2.24, 2.45) is 5.92 Å². The molecule has 228 valence electrons. The summed E-state index contributed by atoms with van der Waals surface area (Å²) in [6.07, 6.45) is -1.66. The van der Waals surface area contributed by atoms with Gasteiger partial charge < -0.3 is 24.8 Å². The number of amides is 1. The number of aromatic amines is 1. The maximum atomic E-state index is 15.9. The van der Waals surface area contributed by atoms with Crippen LogP contribution in [0, 0.1) is 23.4 Å². The van der Waals surface area contributed by atoms with Crippen molar-refractivity contribution in [3.8, 4) is 0 Å². The van der Waals surface area contributed by atoms with Crippen molar-refractivity contribution in [2.75, 3.05) is 26.2 Å². The quantitative estimate of drug-likeness (QED) is 0.330. The molecule has 3 atom stereocenters. The highest BCUT2D eigenvalue weighted by atomic mass is 19.3. The zero-order valence-corrected chi connectivity index (χ0v) is 23.7. The molecule has 1 aromatic heterocycles. The molecule has 7 nitrogen and oxygen atoms in total. The minimum Gasteiger partial charge on any atom is -0.444 e. The molecule has 3 heterocycles. The van der Waals surface area contributed by atoms with Crippen LogP contribution in [0.1, 0.15) is 62.2 Å². The van der Waals surface area contributed by atoms with E-state index in [-0.39, 0.29) is 36.3 Å². The van der Waals surface area contributed by atoms with Gasteiger partial charge in [0.05, 0.1) is 24.2 Å². The van der Waals surface area contributed by atoms with E-state index < -0.39 is 77.9 Å². The molecule has 1 unspecified atom stereocenters. The van der Waals surface area contributed by atoms with Crippen LogP contribution < -0.4 is 0 Å². The number of nitrogens with one attached hydrogen (secondary N) is 1. The van der Waals surface area contributed by atoms with E-state index in [2.05, 4.69) is 4.98 Å². The van der Waals surface area contributed by atoms with Crippen LogP contribution in [0.2, 0.25) is 0 Å². The van der Waals surface area contributed by atoms with E-state index in [1.54, 1.807) is 33.8 Å². The zero-order valence-electron chi connectivity index (χ0n) is 23.7. The largest absolute Gasteiger partial charge is 0.444 e. The molecule has 1 amide bonds. The van der Waals surface area contributed by atoms with Crippen LogP contribution in [0.25, 0.3) is 10.9 Å². The number of aliphatic hydroxyl groups excluding tert-OH is 2. The van der Waals surface area contributed by atoms with Gasteiger partial charge in [0, 0.05) is 41.7 Å². The SMILES string of the molecule is C[C@@H]1Cc2c([nH]c3c(F)cccc23)[C@@H](c2c(F)cc(C(O)C3CN(C(=O)OC(C)(C)C)C3)cc2F)N1CC(F)(F)CO. The Morgan fingerprint density at radius 1 is 1.12 bits per heavy atom. The van der Waals surface area contributed by atoms with Gasteiger partial charge in [-0.05, 0) is 63.4 Å². The molecule has 2 aliphatic heterocycles. The molecule has 2 aliphatic rings. The number of hydrogen-bond acceptors (Lipinski definition) is 5. The lowest BCUT2D eigenvalue weighted by molar-refractivity contribution is -0.0869. The van der Waals surface area contributed by atoms with Gasteiger partial charge in [0.1, 0.15) is 29.7 Å². The maximum absolute atomic E-state index is 15.9. The smallest absolute Gasteiger partial charge is 0.410 e. The Kier molecular flexibility index (Phi) is 7.78. The molecule has 3 aromatic rings. The van der Waals surface area contributed by atoms with Gasteiger partial charge in [0.2, 0.25) is 0 Å². The lowest BCUT2D eigenvalue weighted by atomic mass is 9.85. The van der Waals surface area contributed by atoms with Gasteiger partial charge in [-0.2, -0.15) is 0 Å². The number of aromatic nitrogens is 1. The fraction of sp³-hybridized carbons (Fsp3) is 0.500. The van der Waals surface area contributed by atoms with E-state index in [4.69, 9.17) is 4.74 Å². The number of hydrogen-bond donors (Lipinski definition) is 3. The molecular weight excluding hydrogens is 561 g/mol. The fourth-order valence-electron chi connectivity index (χ4n) is 5.91. The highest BCUT2D eigenvalue weighted by Gasteiger charge is 2.44. The first-order valence-electron chi connectivity index (χ1n) is 13.8. The van der Waals surface area contributed by atoms with Crippen molar-refractivity contribution < 1.29 is 41.7 Å². The van der Waals surface area contributed by atoms with Crippen molar-refractivity contribution in [3.63, 3.8) is 0 Å². The number of likely N-dealkylation sites (tertiary alicyclic amines) is 1. The predicted molar refractivity (Wildman–Crippen MR) is 145 cm³/mol. The first-order valence-corrected chi connectivity index (χ1v) is 13.8. The van der Waals surface area contributed by atoms with E-state index in [1.165, 1.54) is 21.9 Å². The van der Waals surface area contributed by atoms with Crippen molar-refractivity contribution >= 4 is 17.0 Å². The van der Waals surface area contributed by atoms with Crippen LogP contribution in [-0.2, 0) is 11.2 Å². The second kappa shape index (κ2) is 10.8. The molecule has 0 radical (unpaired) electrons. The number of ether oxygens (including phenoxy) is 1. The number of nitrogens with zero attached hydrogens (tertiary/aromatic N) is 2. The Morgan fingerprint density at radius 2 is 1.76 bits per heavy atom. The molecule has 0 bridgehead atoms. The standard InChI is InChI=1S/C30H34F5N3O4/c1-15-8-19-18-6-5-7-20(31)24(18)36-25(19)26(38(15)13-30(34,35)14-39)23-21(32)9-16(10-22(23)33)27(40)17-11-37(12-17)28(41)42-29(2,3)4/h5-7,9-10,15,17,26-27,36,39-40H,8,11-14H2,1-4H3/t15-,26-,27?/m1/s1. The molecule has 5 rings (SSSR count).